The molecule has 4 rings (SSSR count). The number of piperidine rings is 1. The van der Waals surface area contributed by atoms with Crippen LogP contribution in [0.15, 0.2) is 41.7 Å². The number of nitrogens with zero attached hydrogens (tertiary/aromatic N) is 4. The summed E-state index contributed by atoms with van der Waals surface area (Å²) < 4.78 is 0. The number of imidazole rings is 1. The van der Waals surface area contributed by atoms with E-state index >= 15 is 0 Å². The summed E-state index contributed by atoms with van der Waals surface area (Å²) in [6, 6.07) is 9.95. The lowest BCUT2D eigenvalue weighted by Crippen LogP contribution is -2.39. The normalized spacial score (nSPS) is 15.5. The minimum absolute atomic E-state index is 0.156. The van der Waals surface area contributed by atoms with Gasteiger partial charge >= 0.3 is 0 Å². The van der Waals surface area contributed by atoms with Crippen molar-refractivity contribution in [3.63, 3.8) is 0 Å². The Morgan fingerprint density at radius 2 is 2.04 bits per heavy atom. The Balaban J connectivity index is 1.32. The number of hydrogen-bond acceptors (Lipinski definition) is 5. The molecule has 3 heterocycles. The average Bonchev–Trinajstić information content (AvgIpc) is 3.10. The Morgan fingerprint density at radius 1 is 1.23 bits per heavy atom. The SMILES string of the molecule is Cc1ccnc(SCC(=O)N2CCC(c3nc4ccccc4[nH]3)CC2)n1. The lowest BCUT2D eigenvalue weighted by molar-refractivity contribution is -0.129. The molecule has 1 aliphatic heterocycles. The number of H-pyrrole nitrogens is 1. The lowest BCUT2D eigenvalue weighted by Gasteiger charge is -2.31. The van der Waals surface area contributed by atoms with E-state index in [1.54, 1.807) is 6.20 Å². The van der Waals surface area contributed by atoms with Gasteiger partial charge in [0.25, 0.3) is 0 Å². The second-order valence-electron chi connectivity index (χ2n) is 6.56. The number of thioether (sulfide) groups is 1. The summed E-state index contributed by atoms with van der Waals surface area (Å²) in [4.78, 5) is 31.1. The molecular weight excluding hydrogens is 346 g/mol. The molecule has 26 heavy (non-hydrogen) atoms. The maximum absolute atomic E-state index is 12.5. The topological polar surface area (TPSA) is 74.8 Å². The zero-order valence-corrected chi connectivity index (χ0v) is 15.5. The van der Waals surface area contributed by atoms with Gasteiger partial charge < -0.3 is 9.88 Å². The number of rotatable bonds is 4. The molecule has 0 bridgehead atoms. The van der Waals surface area contributed by atoms with Crippen LogP contribution in [0.2, 0.25) is 0 Å². The molecule has 6 nitrogen and oxygen atoms in total. The molecule has 1 aliphatic rings. The summed E-state index contributed by atoms with van der Waals surface area (Å²) in [5.41, 5.74) is 3.01. The molecule has 0 saturated carbocycles. The van der Waals surface area contributed by atoms with E-state index in [4.69, 9.17) is 4.98 Å². The fourth-order valence-electron chi connectivity index (χ4n) is 3.28. The van der Waals surface area contributed by atoms with Crippen LogP contribution >= 0.6 is 11.8 Å². The van der Waals surface area contributed by atoms with E-state index < -0.39 is 0 Å². The van der Waals surface area contributed by atoms with Crippen LogP contribution in [0.4, 0.5) is 0 Å². The van der Waals surface area contributed by atoms with Gasteiger partial charge in [0.05, 0.1) is 16.8 Å². The third kappa shape index (κ3) is 3.72. The minimum Gasteiger partial charge on any atom is -0.342 e. The van der Waals surface area contributed by atoms with Gasteiger partial charge in [-0.05, 0) is 38.0 Å². The molecule has 1 amide bonds. The number of carbonyl (C=O) groups is 1. The van der Waals surface area contributed by atoms with Crippen LogP contribution < -0.4 is 0 Å². The molecule has 1 N–H and O–H groups in total. The number of hydrogen-bond donors (Lipinski definition) is 1. The number of aryl methyl sites for hydroxylation is 1. The van der Waals surface area contributed by atoms with Crippen LogP contribution in [-0.2, 0) is 4.79 Å². The Labute approximate surface area is 156 Å². The van der Waals surface area contributed by atoms with E-state index in [9.17, 15) is 4.79 Å². The van der Waals surface area contributed by atoms with Crippen molar-refractivity contribution in [2.45, 2.75) is 30.8 Å². The van der Waals surface area contributed by atoms with Gasteiger partial charge in [-0.25, -0.2) is 15.0 Å². The second kappa shape index (κ2) is 7.45. The maximum Gasteiger partial charge on any atom is 0.233 e. The minimum atomic E-state index is 0.156. The van der Waals surface area contributed by atoms with Gasteiger partial charge in [0, 0.05) is 30.9 Å². The molecule has 1 aromatic carbocycles. The van der Waals surface area contributed by atoms with Gasteiger partial charge in [0.1, 0.15) is 5.82 Å². The summed E-state index contributed by atoms with van der Waals surface area (Å²) in [6.07, 6.45) is 3.61. The first-order chi connectivity index (χ1) is 12.7. The Morgan fingerprint density at radius 3 is 2.81 bits per heavy atom. The monoisotopic (exact) mass is 367 g/mol. The predicted octanol–water partition coefficient (Wildman–Crippen LogP) is 3.16. The average molecular weight is 367 g/mol. The van der Waals surface area contributed by atoms with Gasteiger partial charge in [0.2, 0.25) is 5.91 Å². The van der Waals surface area contributed by atoms with Gasteiger partial charge in [-0.2, -0.15) is 0 Å². The molecule has 0 radical (unpaired) electrons. The quantitative estimate of drug-likeness (QED) is 0.566. The number of aromatic nitrogens is 4. The summed E-state index contributed by atoms with van der Waals surface area (Å²) in [5.74, 6) is 1.97. The fraction of sp³-hybridized carbons (Fsp3) is 0.368. The summed E-state index contributed by atoms with van der Waals surface area (Å²) in [5, 5.41) is 0.663. The van der Waals surface area contributed by atoms with Crippen molar-refractivity contribution < 1.29 is 4.79 Å². The molecule has 1 saturated heterocycles. The van der Waals surface area contributed by atoms with Crippen molar-refractivity contribution in [2.75, 3.05) is 18.8 Å². The lowest BCUT2D eigenvalue weighted by atomic mass is 9.96. The molecule has 7 heteroatoms. The van der Waals surface area contributed by atoms with Crippen molar-refractivity contribution in [1.82, 2.24) is 24.8 Å². The van der Waals surface area contributed by atoms with E-state index in [0.717, 1.165) is 48.5 Å². The number of fused-ring (bicyclic) bond motifs is 1. The van der Waals surface area contributed by atoms with E-state index in [2.05, 4.69) is 21.0 Å². The third-order valence-corrected chi connectivity index (χ3v) is 5.59. The molecule has 2 aromatic heterocycles. The van der Waals surface area contributed by atoms with Crippen molar-refractivity contribution >= 4 is 28.7 Å². The van der Waals surface area contributed by atoms with Crippen molar-refractivity contribution in [2.24, 2.45) is 0 Å². The van der Waals surface area contributed by atoms with Gasteiger partial charge in [-0.1, -0.05) is 23.9 Å². The predicted molar refractivity (Wildman–Crippen MR) is 102 cm³/mol. The van der Waals surface area contributed by atoms with E-state index in [-0.39, 0.29) is 5.91 Å². The highest BCUT2D eigenvalue weighted by Crippen LogP contribution is 2.28. The standard InChI is InChI=1S/C19H21N5OS/c1-13-6-9-20-19(21-13)26-12-17(25)24-10-7-14(8-11-24)18-22-15-4-2-3-5-16(15)23-18/h2-6,9,14H,7-8,10-12H2,1H3,(H,22,23). The highest BCUT2D eigenvalue weighted by atomic mass is 32.2. The zero-order chi connectivity index (χ0) is 17.9. The first kappa shape index (κ1) is 17.0. The summed E-state index contributed by atoms with van der Waals surface area (Å²) >= 11 is 1.40. The van der Waals surface area contributed by atoms with Gasteiger partial charge in [-0.3, -0.25) is 4.79 Å². The molecule has 0 unspecified atom stereocenters. The molecule has 0 spiro atoms. The maximum atomic E-state index is 12.5. The Bertz CT molecular complexity index is 884. The molecular formula is C19H21N5OS. The summed E-state index contributed by atoms with van der Waals surface area (Å²) in [6.45, 7) is 3.47. The number of likely N-dealkylation sites (tertiary alicyclic amines) is 1. The number of para-hydroxylation sites is 2. The number of carbonyl (C=O) groups excluding carboxylic acids is 1. The van der Waals surface area contributed by atoms with E-state index in [1.807, 2.05) is 36.1 Å². The highest BCUT2D eigenvalue weighted by Gasteiger charge is 2.25. The fourth-order valence-corrected chi connectivity index (χ4v) is 4.06. The van der Waals surface area contributed by atoms with E-state index in [0.29, 0.717) is 16.8 Å². The first-order valence-corrected chi connectivity index (χ1v) is 9.82. The zero-order valence-electron chi connectivity index (χ0n) is 14.7. The van der Waals surface area contributed by atoms with Crippen LogP contribution in [0.25, 0.3) is 11.0 Å². The Hall–Kier alpha value is -2.41. The van der Waals surface area contributed by atoms with Crippen molar-refractivity contribution in [3.8, 4) is 0 Å². The smallest absolute Gasteiger partial charge is 0.233 e. The number of benzene rings is 1. The van der Waals surface area contributed by atoms with Crippen LogP contribution in [0.5, 0.6) is 0 Å². The second-order valence-corrected chi connectivity index (χ2v) is 7.51. The molecule has 3 aromatic rings. The van der Waals surface area contributed by atoms with Crippen LogP contribution in [0.3, 0.4) is 0 Å². The highest BCUT2D eigenvalue weighted by molar-refractivity contribution is 7.99. The van der Waals surface area contributed by atoms with E-state index in [1.165, 1.54) is 11.8 Å². The summed E-state index contributed by atoms with van der Waals surface area (Å²) in [7, 11) is 0. The number of nitrogens with one attached hydrogen (secondary N) is 1. The number of aromatic amines is 1. The van der Waals surface area contributed by atoms with Crippen molar-refractivity contribution in [3.05, 3.63) is 48.0 Å². The number of amides is 1. The third-order valence-electron chi connectivity index (χ3n) is 4.74. The molecule has 0 aliphatic carbocycles. The van der Waals surface area contributed by atoms with Crippen molar-refractivity contribution in [1.29, 1.82) is 0 Å². The van der Waals surface area contributed by atoms with Crippen LogP contribution in [0.1, 0.15) is 30.3 Å². The van der Waals surface area contributed by atoms with Crippen LogP contribution in [0, 0.1) is 6.92 Å². The molecule has 134 valence electrons. The largest absolute Gasteiger partial charge is 0.342 e. The van der Waals surface area contributed by atoms with Gasteiger partial charge in [-0.15, -0.1) is 0 Å². The molecule has 0 atom stereocenters. The van der Waals surface area contributed by atoms with Crippen LogP contribution in [-0.4, -0.2) is 49.6 Å². The molecule has 1 fully saturated rings. The van der Waals surface area contributed by atoms with Gasteiger partial charge in [0.15, 0.2) is 5.16 Å². The first-order valence-electron chi connectivity index (χ1n) is 8.84. The Kier molecular flexibility index (Phi) is 4.88.